The summed E-state index contributed by atoms with van der Waals surface area (Å²) in [5.74, 6) is 3.26. The summed E-state index contributed by atoms with van der Waals surface area (Å²) in [6, 6.07) is 25.5. The highest BCUT2D eigenvalue weighted by Crippen LogP contribution is 2.25. The minimum absolute atomic E-state index is 0.159. The molecule has 0 unspecified atom stereocenters. The van der Waals surface area contributed by atoms with Crippen LogP contribution in [0.1, 0.15) is 29.0 Å². The Bertz CT molecular complexity index is 1260. The number of benzene rings is 3. The lowest BCUT2D eigenvalue weighted by molar-refractivity contribution is 0.0890. The Morgan fingerprint density at radius 2 is 1.63 bits per heavy atom. The number of carbonyl (C=O) groups excluding carboxylic acids is 1. The highest BCUT2D eigenvalue weighted by molar-refractivity contribution is 5.97. The SMILES string of the molecule is COc1ccc(C(=O)CN2CCC(Cn3c(COc4ccccc4)nc4ccccc43)CC2)cc1. The third-order valence-electron chi connectivity index (χ3n) is 6.77. The third-order valence-corrected chi connectivity index (χ3v) is 6.77. The summed E-state index contributed by atoms with van der Waals surface area (Å²) >= 11 is 0. The van der Waals surface area contributed by atoms with Crippen LogP contribution in [0.4, 0.5) is 0 Å². The van der Waals surface area contributed by atoms with Crippen LogP contribution in [0.3, 0.4) is 0 Å². The van der Waals surface area contributed by atoms with Gasteiger partial charge in [0, 0.05) is 12.1 Å². The monoisotopic (exact) mass is 469 g/mol. The fourth-order valence-electron chi connectivity index (χ4n) is 4.76. The van der Waals surface area contributed by atoms with Gasteiger partial charge >= 0.3 is 0 Å². The van der Waals surface area contributed by atoms with Crippen LogP contribution in [0.5, 0.6) is 11.5 Å². The number of likely N-dealkylation sites (tertiary alicyclic amines) is 1. The molecule has 0 amide bonds. The van der Waals surface area contributed by atoms with Crippen molar-refractivity contribution in [2.75, 3.05) is 26.7 Å². The van der Waals surface area contributed by atoms with E-state index in [1.165, 1.54) is 0 Å². The maximum Gasteiger partial charge on any atom is 0.176 e. The first-order chi connectivity index (χ1) is 17.2. The normalized spacial score (nSPS) is 14.8. The molecule has 1 aliphatic rings. The molecule has 0 N–H and O–H groups in total. The molecule has 1 fully saturated rings. The molecule has 1 aliphatic heterocycles. The second kappa shape index (κ2) is 10.7. The van der Waals surface area contributed by atoms with E-state index in [4.69, 9.17) is 14.5 Å². The molecule has 6 nitrogen and oxygen atoms in total. The second-order valence-corrected chi connectivity index (χ2v) is 9.10. The summed E-state index contributed by atoms with van der Waals surface area (Å²) in [5.41, 5.74) is 2.89. The van der Waals surface area contributed by atoms with Crippen molar-refractivity contribution in [3.05, 3.63) is 90.3 Å². The fourth-order valence-corrected chi connectivity index (χ4v) is 4.76. The number of Topliss-reactive ketones (excluding diaryl/α,β-unsaturated/α-hetero) is 1. The summed E-state index contributed by atoms with van der Waals surface area (Å²) in [7, 11) is 1.63. The van der Waals surface area contributed by atoms with Crippen molar-refractivity contribution in [2.24, 2.45) is 5.92 Å². The Kier molecular flexibility index (Phi) is 7.09. The maximum atomic E-state index is 12.7. The molecule has 4 aromatic rings. The van der Waals surface area contributed by atoms with E-state index in [1.54, 1.807) is 7.11 Å². The number of carbonyl (C=O) groups is 1. The molecule has 180 valence electrons. The van der Waals surface area contributed by atoms with Gasteiger partial charge in [0.05, 0.1) is 24.7 Å². The molecule has 3 aromatic carbocycles. The Morgan fingerprint density at radius 1 is 0.914 bits per heavy atom. The number of aromatic nitrogens is 2. The minimum Gasteiger partial charge on any atom is -0.497 e. The van der Waals surface area contributed by atoms with Crippen LogP contribution in [-0.2, 0) is 13.2 Å². The number of piperidine rings is 1. The van der Waals surface area contributed by atoms with Gasteiger partial charge in [0.2, 0.25) is 0 Å². The van der Waals surface area contributed by atoms with Crippen molar-refractivity contribution < 1.29 is 14.3 Å². The molecule has 0 aliphatic carbocycles. The van der Waals surface area contributed by atoms with E-state index in [2.05, 4.69) is 27.7 Å². The van der Waals surface area contributed by atoms with E-state index in [1.807, 2.05) is 60.7 Å². The lowest BCUT2D eigenvalue weighted by Gasteiger charge is -2.32. The number of methoxy groups -OCH3 is 1. The topological polar surface area (TPSA) is 56.6 Å². The van der Waals surface area contributed by atoms with Crippen LogP contribution in [0.15, 0.2) is 78.9 Å². The van der Waals surface area contributed by atoms with Gasteiger partial charge in [-0.1, -0.05) is 30.3 Å². The average Bonchev–Trinajstić information content (AvgIpc) is 3.26. The number of imidazole rings is 1. The molecule has 5 rings (SSSR count). The quantitative estimate of drug-likeness (QED) is 0.315. The van der Waals surface area contributed by atoms with Gasteiger partial charge < -0.3 is 14.0 Å². The van der Waals surface area contributed by atoms with Crippen molar-refractivity contribution in [1.82, 2.24) is 14.5 Å². The summed E-state index contributed by atoms with van der Waals surface area (Å²) < 4.78 is 13.5. The van der Waals surface area contributed by atoms with Gasteiger partial charge in [-0.3, -0.25) is 9.69 Å². The molecule has 6 heteroatoms. The van der Waals surface area contributed by atoms with E-state index in [0.29, 0.717) is 19.1 Å². The standard InChI is InChI=1S/C29H31N3O3/c1-34-24-13-11-23(12-14-24)28(33)20-31-17-15-22(16-18-31)19-32-27-10-6-5-9-26(27)30-29(32)21-35-25-7-3-2-4-8-25/h2-14,22H,15-21H2,1H3. The van der Waals surface area contributed by atoms with Crippen LogP contribution in [0.2, 0.25) is 0 Å². The highest BCUT2D eigenvalue weighted by Gasteiger charge is 2.23. The zero-order valence-corrected chi connectivity index (χ0v) is 20.1. The largest absolute Gasteiger partial charge is 0.497 e. The van der Waals surface area contributed by atoms with E-state index in [-0.39, 0.29) is 5.78 Å². The molecule has 35 heavy (non-hydrogen) atoms. The zero-order chi connectivity index (χ0) is 24.0. The average molecular weight is 470 g/mol. The highest BCUT2D eigenvalue weighted by atomic mass is 16.5. The van der Waals surface area contributed by atoms with E-state index < -0.39 is 0 Å². The van der Waals surface area contributed by atoms with Gasteiger partial charge in [0.15, 0.2) is 5.78 Å². The number of ketones is 1. The first-order valence-electron chi connectivity index (χ1n) is 12.2. The van der Waals surface area contributed by atoms with Gasteiger partial charge in [0.25, 0.3) is 0 Å². The van der Waals surface area contributed by atoms with Gasteiger partial charge in [-0.15, -0.1) is 0 Å². The molecular formula is C29H31N3O3. The second-order valence-electron chi connectivity index (χ2n) is 9.10. The zero-order valence-electron chi connectivity index (χ0n) is 20.1. The van der Waals surface area contributed by atoms with Crippen molar-refractivity contribution in [3.8, 4) is 11.5 Å². The van der Waals surface area contributed by atoms with Gasteiger partial charge in [-0.05, 0) is 80.4 Å². The van der Waals surface area contributed by atoms with Crippen LogP contribution in [-0.4, -0.2) is 47.0 Å². The molecule has 0 saturated carbocycles. The molecule has 2 heterocycles. The van der Waals surface area contributed by atoms with Crippen LogP contribution in [0.25, 0.3) is 11.0 Å². The van der Waals surface area contributed by atoms with E-state index >= 15 is 0 Å². The maximum absolute atomic E-state index is 12.7. The number of hydrogen-bond acceptors (Lipinski definition) is 5. The van der Waals surface area contributed by atoms with Crippen molar-refractivity contribution in [1.29, 1.82) is 0 Å². The fraction of sp³-hybridized carbons (Fsp3) is 0.310. The Hall–Kier alpha value is -3.64. The molecule has 0 spiro atoms. The van der Waals surface area contributed by atoms with E-state index in [0.717, 1.165) is 66.4 Å². The number of ether oxygens (including phenoxy) is 2. The van der Waals surface area contributed by atoms with Crippen LogP contribution < -0.4 is 9.47 Å². The van der Waals surface area contributed by atoms with Crippen LogP contribution in [0, 0.1) is 5.92 Å². The predicted molar refractivity (Wildman–Crippen MR) is 137 cm³/mol. The lowest BCUT2D eigenvalue weighted by Crippen LogP contribution is -2.38. The van der Waals surface area contributed by atoms with Crippen molar-refractivity contribution in [2.45, 2.75) is 26.0 Å². The lowest BCUT2D eigenvalue weighted by atomic mass is 9.96. The summed E-state index contributed by atoms with van der Waals surface area (Å²) in [6.45, 7) is 3.66. The number of hydrogen-bond donors (Lipinski definition) is 0. The molecule has 1 saturated heterocycles. The van der Waals surface area contributed by atoms with E-state index in [9.17, 15) is 4.79 Å². The number of fused-ring (bicyclic) bond motifs is 1. The Labute approximate surface area is 206 Å². The van der Waals surface area contributed by atoms with Gasteiger partial charge in [0.1, 0.15) is 23.9 Å². The first-order valence-corrected chi connectivity index (χ1v) is 12.2. The molecule has 0 radical (unpaired) electrons. The molecule has 0 atom stereocenters. The molecular weight excluding hydrogens is 438 g/mol. The Morgan fingerprint density at radius 3 is 2.37 bits per heavy atom. The Balaban J connectivity index is 1.21. The summed E-state index contributed by atoms with van der Waals surface area (Å²) in [4.78, 5) is 19.9. The minimum atomic E-state index is 0.159. The smallest absolute Gasteiger partial charge is 0.176 e. The number of rotatable bonds is 9. The number of nitrogens with zero attached hydrogens (tertiary/aromatic N) is 3. The summed E-state index contributed by atoms with van der Waals surface area (Å²) in [5, 5.41) is 0. The molecule has 1 aromatic heterocycles. The first kappa shape index (κ1) is 23.1. The molecule has 0 bridgehead atoms. The van der Waals surface area contributed by atoms with Crippen LogP contribution >= 0.6 is 0 Å². The predicted octanol–water partition coefficient (Wildman–Crippen LogP) is 5.22. The van der Waals surface area contributed by atoms with Gasteiger partial charge in [-0.25, -0.2) is 4.98 Å². The van der Waals surface area contributed by atoms with Gasteiger partial charge in [-0.2, -0.15) is 0 Å². The van der Waals surface area contributed by atoms with Crippen molar-refractivity contribution >= 4 is 16.8 Å². The summed E-state index contributed by atoms with van der Waals surface area (Å²) in [6.07, 6.45) is 2.11. The third kappa shape index (κ3) is 5.54. The number of para-hydroxylation sites is 3. The van der Waals surface area contributed by atoms with Crippen molar-refractivity contribution in [3.63, 3.8) is 0 Å².